The summed E-state index contributed by atoms with van der Waals surface area (Å²) in [7, 11) is 0. The Balaban J connectivity index is 0.829. The smallest absolute Gasteiger partial charge is 0.252 e. The van der Waals surface area contributed by atoms with Crippen LogP contribution in [0.1, 0.15) is 176 Å². The largest absolute Gasteiger partial charge is 0.310 e. The van der Waals surface area contributed by atoms with E-state index in [1.54, 1.807) is 0 Å². The third-order valence-electron chi connectivity index (χ3n) is 31.7. The lowest BCUT2D eigenvalue weighted by molar-refractivity contribution is 0.590. The van der Waals surface area contributed by atoms with Crippen LogP contribution in [0.5, 0.6) is 0 Å². The summed E-state index contributed by atoms with van der Waals surface area (Å²) >= 11 is 0. The van der Waals surface area contributed by atoms with E-state index >= 15 is 0 Å². The molecule has 0 saturated heterocycles. The summed E-state index contributed by atoms with van der Waals surface area (Å²) in [5.74, 6) is 0. The van der Waals surface area contributed by atoms with Gasteiger partial charge in [0.2, 0.25) is 0 Å². The van der Waals surface area contributed by atoms with Gasteiger partial charge in [-0.1, -0.05) is 468 Å². The van der Waals surface area contributed by atoms with Gasteiger partial charge in [0.1, 0.15) is 0 Å². The van der Waals surface area contributed by atoms with Crippen molar-refractivity contribution in [1.82, 2.24) is 9.13 Å². The van der Waals surface area contributed by atoms with Gasteiger partial charge in [-0.2, -0.15) is 0 Å². The van der Waals surface area contributed by atoms with Gasteiger partial charge < -0.3 is 18.9 Å². The molecule has 682 valence electrons. The van der Waals surface area contributed by atoms with Crippen molar-refractivity contribution in [2.75, 3.05) is 9.80 Å². The normalized spacial score (nSPS) is 14.0. The van der Waals surface area contributed by atoms with Gasteiger partial charge in [0.15, 0.2) is 0 Å². The fourth-order valence-electron chi connectivity index (χ4n) is 24.8. The second kappa shape index (κ2) is 32.0. The molecule has 25 rings (SSSR count). The summed E-state index contributed by atoms with van der Waals surface area (Å²) < 4.78 is 5.24. The Bertz CT molecular complexity index is 7890. The number of rotatable bonds is 12. The second-order valence-electron chi connectivity index (χ2n) is 45.0. The van der Waals surface area contributed by atoms with Crippen LogP contribution in [0.2, 0.25) is 0 Å². The van der Waals surface area contributed by atoms with Gasteiger partial charge in [-0.05, 0) is 221 Å². The van der Waals surface area contributed by atoms with Crippen molar-refractivity contribution in [3.63, 3.8) is 0 Å². The van der Waals surface area contributed by atoms with E-state index in [4.69, 9.17) is 0 Å². The van der Waals surface area contributed by atoms with E-state index in [2.05, 4.69) is 547 Å². The zero-order valence-electron chi connectivity index (χ0n) is 83.3. The van der Waals surface area contributed by atoms with E-state index in [-0.39, 0.29) is 28.4 Å². The van der Waals surface area contributed by atoms with Crippen LogP contribution in [0.15, 0.2) is 425 Å². The molecule has 0 fully saturated rings. The van der Waals surface area contributed by atoms with Crippen LogP contribution >= 0.6 is 0 Å². The first-order valence-electron chi connectivity index (χ1n) is 50.5. The molecule has 0 radical (unpaired) electrons. The number of hydrogen-bond donors (Lipinski definition) is 0. The van der Waals surface area contributed by atoms with Gasteiger partial charge in [0.25, 0.3) is 6.71 Å². The van der Waals surface area contributed by atoms with Crippen molar-refractivity contribution < 1.29 is 0 Å². The highest BCUT2D eigenvalue weighted by Gasteiger charge is 2.52. The zero-order chi connectivity index (χ0) is 96.3. The highest BCUT2D eigenvalue weighted by atomic mass is 15.2. The van der Waals surface area contributed by atoms with Crippen molar-refractivity contribution in [3.05, 3.63) is 497 Å². The van der Waals surface area contributed by atoms with E-state index in [0.717, 1.165) is 112 Å². The molecule has 4 nitrogen and oxygen atoms in total. The molecule has 0 atom stereocenters. The highest BCUT2D eigenvalue weighted by Crippen LogP contribution is 2.64. The Morgan fingerprint density at radius 1 is 0.213 bits per heavy atom. The molecule has 2 aliphatic heterocycles. The van der Waals surface area contributed by atoms with Gasteiger partial charge in [0.05, 0.1) is 44.3 Å². The molecular weight excluding hydrogens is 1700 g/mol. The molecule has 0 amide bonds. The summed E-state index contributed by atoms with van der Waals surface area (Å²) in [5.41, 5.74) is 45.5. The molecule has 4 aliphatic rings. The fraction of sp³-hybridized carbons (Fsp3) is 0.162. The fourth-order valence-corrected chi connectivity index (χ4v) is 24.8. The Labute approximate surface area is 830 Å². The third kappa shape index (κ3) is 13.3. The minimum Gasteiger partial charge on any atom is -0.310 e. The number of nitrogens with zero attached hydrogens (tertiary/aromatic N) is 4. The lowest BCUT2D eigenvalue weighted by atomic mass is 9.33. The first kappa shape index (κ1) is 87.0. The Morgan fingerprint density at radius 2 is 0.496 bits per heavy atom. The van der Waals surface area contributed by atoms with Crippen LogP contribution < -0.4 is 26.2 Å². The maximum atomic E-state index is 2.78. The van der Waals surface area contributed by atoms with Crippen LogP contribution in [-0.2, 0) is 37.9 Å². The molecule has 0 bridgehead atoms. The average molecular weight is 1820 g/mol. The monoisotopic (exact) mass is 1810 g/mol. The van der Waals surface area contributed by atoms with Gasteiger partial charge in [0, 0.05) is 77.9 Å². The lowest BCUT2D eigenvalue weighted by Crippen LogP contribution is -2.61. The SMILES string of the molecule is CC(C)(C)c1ccc(-c2cccc(-c3ccc(C(C)(C)C)cc3)c2N2c3cc(-n4c5ccccc5c5c6c(ccc54)-c4ccccc4C6(c4ccccc4)c4ccccc4)ccc3B3c4ccc(-n5c6ccccc6c6c7c(ccc65)-c5ccccc5C7(c5ccccc5)c5ccccc5)cc4N(c4c(-c5ccc(C(C)(C)C)cc5)cccc4-c4ccc(C(C)(C)C)cc4)c4cc(C(C)(C)C)cc2c43)cc1. The van der Waals surface area contributed by atoms with Gasteiger partial charge in [-0.3, -0.25) is 0 Å². The molecule has 4 heterocycles. The van der Waals surface area contributed by atoms with Crippen LogP contribution in [0, 0.1) is 0 Å². The number of aromatic nitrogens is 2. The van der Waals surface area contributed by atoms with Crippen molar-refractivity contribution in [2.45, 2.75) is 142 Å². The van der Waals surface area contributed by atoms with Crippen molar-refractivity contribution >= 4 is 101 Å². The molecule has 0 unspecified atom stereocenters. The molecule has 2 aromatic heterocycles. The molecule has 0 N–H and O–H groups in total. The average Bonchev–Trinajstić information content (AvgIpc) is 1.55. The molecule has 2 aliphatic carbocycles. The first-order valence-corrected chi connectivity index (χ1v) is 50.5. The van der Waals surface area contributed by atoms with E-state index in [9.17, 15) is 0 Å². The van der Waals surface area contributed by atoms with Crippen LogP contribution in [0.4, 0.5) is 34.1 Å². The van der Waals surface area contributed by atoms with Crippen molar-refractivity contribution in [1.29, 1.82) is 0 Å². The number of anilines is 6. The number of para-hydroxylation sites is 4. The zero-order valence-corrected chi connectivity index (χ0v) is 83.3. The Morgan fingerprint density at radius 3 is 0.809 bits per heavy atom. The first-order chi connectivity index (χ1) is 68.1. The highest BCUT2D eigenvalue weighted by molar-refractivity contribution is 7.00. The van der Waals surface area contributed by atoms with Crippen molar-refractivity contribution in [2.24, 2.45) is 0 Å². The van der Waals surface area contributed by atoms with E-state index in [1.165, 1.54) is 133 Å². The maximum absolute atomic E-state index is 2.78. The molecule has 0 saturated carbocycles. The molecule has 21 aromatic rings. The predicted molar refractivity (Wildman–Crippen MR) is 599 cm³/mol. The van der Waals surface area contributed by atoms with Gasteiger partial charge >= 0.3 is 0 Å². The lowest BCUT2D eigenvalue weighted by Gasteiger charge is -2.46. The van der Waals surface area contributed by atoms with Crippen LogP contribution in [0.25, 0.3) is 122 Å². The molecular formula is C136H115BN4. The minimum absolute atomic E-state index is 0.0921. The summed E-state index contributed by atoms with van der Waals surface area (Å²) in [4.78, 5) is 5.56. The quantitative estimate of drug-likeness (QED) is 0.113. The number of hydrogen-bond acceptors (Lipinski definition) is 2. The van der Waals surface area contributed by atoms with Crippen LogP contribution in [0.3, 0.4) is 0 Å². The van der Waals surface area contributed by atoms with Gasteiger partial charge in [-0.15, -0.1) is 0 Å². The minimum atomic E-state index is -0.681. The van der Waals surface area contributed by atoms with E-state index in [0.29, 0.717) is 0 Å². The maximum Gasteiger partial charge on any atom is 0.252 e. The topological polar surface area (TPSA) is 16.3 Å². The number of benzene rings is 19. The van der Waals surface area contributed by atoms with E-state index < -0.39 is 16.2 Å². The Hall–Kier alpha value is -15.6. The van der Waals surface area contributed by atoms with Crippen molar-refractivity contribution in [3.8, 4) is 78.1 Å². The van der Waals surface area contributed by atoms with E-state index in [1.807, 2.05) is 0 Å². The standard InChI is InChI=1S/C136H115BN4/c1-130(2,3)90-66-58-86(59-67-90)101-50-36-51-102(87-60-68-91(69-61-87)131(4,5)6)128(101)140-119-84-99(138-115-56-34-30-48-109(115)123-117(138)80-76-107-105-46-28-32-54-111(105)135(125(107)123,94-38-20-16-21-39-94)95-40-22-17-23-41-95)74-78-113(119)137-114-79-75-100(139-116-57-35-31-49-110(116)124-118(139)81-77-108-106-47-29-33-55-112(106)136(126(108)124,96-42-24-18-25-43-96)97-44-26-19-27-45-97)85-120(114)141(122-83-98(134(13,14)15)82-121(140)127(122)137)129-103(88-62-70-92(71-63-88)132(7,8)9)52-37-53-104(129)89-64-72-93(73-65-89)133(10,11)12/h16-85H,1-15H3. The third-order valence-corrected chi connectivity index (χ3v) is 31.7. The molecule has 0 spiro atoms. The summed E-state index contributed by atoms with van der Waals surface area (Å²) in [6.45, 7) is 34.9. The summed E-state index contributed by atoms with van der Waals surface area (Å²) in [6, 6.07) is 165. The van der Waals surface area contributed by atoms with Gasteiger partial charge in [-0.25, -0.2) is 0 Å². The molecule has 141 heavy (non-hydrogen) atoms. The predicted octanol–water partition coefficient (Wildman–Crippen LogP) is 33.8. The molecule has 5 heteroatoms. The number of fused-ring (bicyclic) bond motifs is 18. The second-order valence-corrected chi connectivity index (χ2v) is 45.0. The summed E-state index contributed by atoms with van der Waals surface area (Å²) in [5, 5.41) is 4.89. The Kier molecular flexibility index (Phi) is 19.7. The van der Waals surface area contributed by atoms with Crippen LogP contribution in [-0.4, -0.2) is 15.8 Å². The molecule has 19 aromatic carbocycles. The summed E-state index contributed by atoms with van der Waals surface area (Å²) in [6.07, 6.45) is 0.